The van der Waals surface area contributed by atoms with Gasteiger partial charge in [-0.05, 0) is 48.0 Å². The van der Waals surface area contributed by atoms with Gasteiger partial charge in [0.25, 0.3) is 5.91 Å². The highest BCUT2D eigenvalue weighted by Crippen LogP contribution is 2.22. The summed E-state index contributed by atoms with van der Waals surface area (Å²) in [7, 11) is 3.98. The van der Waals surface area contributed by atoms with Crippen molar-refractivity contribution in [2.45, 2.75) is 0 Å². The van der Waals surface area contributed by atoms with Crippen molar-refractivity contribution in [1.82, 2.24) is 10.4 Å². The molecule has 2 heterocycles. The van der Waals surface area contributed by atoms with Crippen molar-refractivity contribution < 1.29 is 4.79 Å². The van der Waals surface area contributed by atoms with Crippen LogP contribution < -0.4 is 15.3 Å². The normalized spacial score (nSPS) is 15.1. The Labute approximate surface area is 169 Å². The third-order valence-corrected chi connectivity index (χ3v) is 4.53. The lowest BCUT2D eigenvalue weighted by atomic mass is 10.1. The van der Waals surface area contributed by atoms with Crippen LogP contribution in [0.5, 0.6) is 0 Å². The summed E-state index contributed by atoms with van der Waals surface area (Å²) in [6.45, 7) is 0. The number of rotatable bonds is 4. The fourth-order valence-corrected chi connectivity index (χ4v) is 3.00. The zero-order chi connectivity index (χ0) is 20.2. The summed E-state index contributed by atoms with van der Waals surface area (Å²) in [6, 6.07) is 21.3. The minimum Gasteiger partial charge on any atom is -0.378 e. The van der Waals surface area contributed by atoms with E-state index < -0.39 is 0 Å². The number of carbonyl (C=O) groups excluding carboxylic acids is 1. The van der Waals surface area contributed by atoms with Crippen molar-refractivity contribution in [3.63, 3.8) is 0 Å². The van der Waals surface area contributed by atoms with Gasteiger partial charge in [-0.2, -0.15) is 0 Å². The number of carbonyl (C=O) groups is 1. The van der Waals surface area contributed by atoms with E-state index in [4.69, 9.17) is 0 Å². The van der Waals surface area contributed by atoms with Crippen LogP contribution in [0.25, 0.3) is 6.08 Å². The molecule has 0 fully saturated rings. The highest BCUT2D eigenvalue weighted by Gasteiger charge is 2.26. The number of aliphatic imine (C=N–C) groups is 1. The molecule has 0 saturated carbocycles. The fraction of sp³-hybridized carbons (Fsp3) is 0.0870. The Hall–Kier alpha value is -3.93. The van der Waals surface area contributed by atoms with E-state index in [1.165, 1.54) is 0 Å². The van der Waals surface area contributed by atoms with E-state index >= 15 is 0 Å². The van der Waals surface area contributed by atoms with E-state index in [-0.39, 0.29) is 5.91 Å². The third kappa shape index (κ3) is 4.01. The smallest absolute Gasteiger partial charge is 0.288 e. The van der Waals surface area contributed by atoms with Crippen LogP contribution in [0.3, 0.4) is 0 Å². The van der Waals surface area contributed by atoms with E-state index in [1.54, 1.807) is 23.5 Å². The van der Waals surface area contributed by atoms with Gasteiger partial charge in [0.1, 0.15) is 5.70 Å². The summed E-state index contributed by atoms with van der Waals surface area (Å²) < 4.78 is 0. The molecule has 0 aliphatic carbocycles. The lowest BCUT2D eigenvalue weighted by molar-refractivity contribution is -0.117. The number of para-hydroxylation sites is 1. The molecule has 1 amide bonds. The number of nitrogens with zero attached hydrogens (tertiary/aromatic N) is 4. The Morgan fingerprint density at radius 1 is 0.966 bits per heavy atom. The maximum atomic E-state index is 12.8. The summed E-state index contributed by atoms with van der Waals surface area (Å²) in [5.41, 5.74) is 6.91. The largest absolute Gasteiger partial charge is 0.378 e. The second-order valence-electron chi connectivity index (χ2n) is 6.80. The molecule has 29 heavy (non-hydrogen) atoms. The van der Waals surface area contributed by atoms with E-state index in [2.05, 4.69) is 15.4 Å². The highest BCUT2D eigenvalue weighted by molar-refractivity contribution is 6.17. The Balaban J connectivity index is 1.76. The van der Waals surface area contributed by atoms with Gasteiger partial charge in [0, 0.05) is 37.7 Å². The molecule has 144 valence electrons. The molecule has 6 nitrogen and oxygen atoms in total. The highest BCUT2D eigenvalue weighted by atomic mass is 16.2. The molecule has 1 aliphatic rings. The molecular weight excluding hydrogens is 362 g/mol. The molecule has 4 rings (SSSR count). The van der Waals surface area contributed by atoms with Crippen molar-refractivity contribution in [1.29, 1.82) is 0 Å². The number of amides is 1. The second kappa shape index (κ2) is 7.98. The summed E-state index contributed by atoms with van der Waals surface area (Å²) in [5, 5.41) is 1.69. The van der Waals surface area contributed by atoms with Crippen LogP contribution in [-0.2, 0) is 4.79 Å². The van der Waals surface area contributed by atoms with Gasteiger partial charge in [-0.1, -0.05) is 30.3 Å². The van der Waals surface area contributed by atoms with Gasteiger partial charge in [0.15, 0.2) is 5.84 Å². The molecule has 3 aromatic rings. The first-order valence-electron chi connectivity index (χ1n) is 9.26. The van der Waals surface area contributed by atoms with Crippen LogP contribution in [0, 0.1) is 0 Å². The van der Waals surface area contributed by atoms with Crippen LogP contribution >= 0.6 is 0 Å². The van der Waals surface area contributed by atoms with E-state index in [0.717, 1.165) is 22.5 Å². The fourth-order valence-electron chi connectivity index (χ4n) is 3.00. The van der Waals surface area contributed by atoms with Gasteiger partial charge in [-0.25, -0.2) is 10.0 Å². The lowest BCUT2D eigenvalue weighted by Crippen LogP contribution is -2.50. The van der Waals surface area contributed by atoms with Crippen molar-refractivity contribution >= 4 is 29.2 Å². The molecule has 1 N–H and O–H groups in total. The number of hydrogen-bond donors (Lipinski definition) is 1. The second-order valence-corrected chi connectivity index (χ2v) is 6.80. The standard InChI is InChI=1S/C23H21N5O/c1-27(2)19-12-10-17(11-13-19)15-21-23(29)26-28(20-8-4-3-5-9-20)22(25-21)18-7-6-14-24-16-18/h3-16H,1-2H3,(H,26,29)/b21-15+. The maximum absolute atomic E-state index is 12.8. The topological polar surface area (TPSA) is 60.8 Å². The number of anilines is 2. The first-order valence-corrected chi connectivity index (χ1v) is 9.26. The average Bonchev–Trinajstić information content (AvgIpc) is 2.76. The zero-order valence-corrected chi connectivity index (χ0v) is 16.3. The predicted octanol–water partition coefficient (Wildman–Crippen LogP) is 3.49. The van der Waals surface area contributed by atoms with Crippen molar-refractivity contribution in [3.8, 4) is 0 Å². The molecule has 2 aromatic carbocycles. The molecule has 0 spiro atoms. The minimum atomic E-state index is -0.266. The van der Waals surface area contributed by atoms with E-state index in [1.807, 2.05) is 85.7 Å². The maximum Gasteiger partial charge on any atom is 0.288 e. The number of aromatic nitrogens is 1. The SMILES string of the molecule is CN(C)c1ccc(/C=C2/N=C(c3cccnc3)N(c3ccccc3)NC2=O)cc1. The number of hydrogen-bond acceptors (Lipinski definition) is 5. The molecule has 6 heteroatoms. The van der Waals surface area contributed by atoms with Gasteiger partial charge in [-0.15, -0.1) is 0 Å². The molecular formula is C23H21N5O. The molecule has 0 atom stereocenters. The van der Waals surface area contributed by atoms with Gasteiger partial charge in [0.2, 0.25) is 0 Å². The van der Waals surface area contributed by atoms with Crippen molar-refractivity contribution in [3.05, 3.63) is 95.9 Å². The first-order chi connectivity index (χ1) is 14.1. The Bertz CT molecular complexity index is 1060. The van der Waals surface area contributed by atoms with Crippen LogP contribution in [0.2, 0.25) is 0 Å². The average molecular weight is 383 g/mol. The summed E-state index contributed by atoms with van der Waals surface area (Å²) in [4.78, 5) is 23.7. The summed E-state index contributed by atoms with van der Waals surface area (Å²) >= 11 is 0. The van der Waals surface area contributed by atoms with E-state index in [0.29, 0.717) is 11.5 Å². The summed E-state index contributed by atoms with van der Waals surface area (Å²) in [6.07, 6.45) is 5.23. The molecule has 1 aromatic heterocycles. The number of pyridine rings is 1. The van der Waals surface area contributed by atoms with E-state index in [9.17, 15) is 4.79 Å². The lowest BCUT2D eigenvalue weighted by Gasteiger charge is -2.30. The van der Waals surface area contributed by atoms with Gasteiger partial charge in [-0.3, -0.25) is 15.2 Å². The Morgan fingerprint density at radius 3 is 2.38 bits per heavy atom. The molecule has 1 aliphatic heterocycles. The zero-order valence-electron chi connectivity index (χ0n) is 16.3. The van der Waals surface area contributed by atoms with Gasteiger partial charge in [0.05, 0.1) is 5.69 Å². The molecule has 0 radical (unpaired) electrons. The number of benzene rings is 2. The van der Waals surface area contributed by atoms with Crippen LogP contribution in [0.15, 0.2) is 89.8 Å². The Morgan fingerprint density at radius 2 is 1.72 bits per heavy atom. The van der Waals surface area contributed by atoms with Crippen LogP contribution in [0.4, 0.5) is 11.4 Å². The minimum absolute atomic E-state index is 0.266. The van der Waals surface area contributed by atoms with Crippen LogP contribution in [-0.4, -0.2) is 30.8 Å². The number of amidine groups is 1. The first kappa shape index (κ1) is 18.4. The monoisotopic (exact) mass is 383 g/mol. The number of nitrogens with one attached hydrogen (secondary N) is 1. The predicted molar refractivity (Wildman–Crippen MR) is 117 cm³/mol. The van der Waals surface area contributed by atoms with Crippen LogP contribution in [0.1, 0.15) is 11.1 Å². The Kier molecular flexibility index (Phi) is 5.07. The molecule has 0 bridgehead atoms. The third-order valence-electron chi connectivity index (χ3n) is 4.53. The quantitative estimate of drug-likeness (QED) is 0.701. The van der Waals surface area contributed by atoms with Crippen molar-refractivity contribution in [2.24, 2.45) is 4.99 Å². The molecule has 0 unspecified atom stereocenters. The number of hydrazine groups is 1. The van der Waals surface area contributed by atoms with Crippen molar-refractivity contribution in [2.75, 3.05) is 24.0 Å². The van der Waals surface area contributed by atoms with Gasteiger partial charge < -0.3 is 4.90 Å². The summed E-state index contributed by atoms with van der Waals surface area (Å²) in [5.74, 6) is 0.346. The molecule has 0 saturated heterocycles. The van der Waals surface area contributed by atoms with Gasteiger partial charge >= 0.3 is 0 Å².